The van der Waals surface area contributed by atoms with E-state index in [0.717, 1.165) is 30.8 Å². The van der Waals surface area contributed by atoms with E-state index >= 15 is 0 Å². The molecule has 0 aliphatic carbocycles. The van der Waals surface area contributed by atoms with Gasteiger partial charge in [0.25, 0.3) is 5.91 Å². The first kappa shape index (κ1) is 18.6. The Kier molecular flexibility index (Phi) is 4.45. The Balaban J connectivity index is 1.85. The normalized spacial score (nSPS) is 20.0. The monoisotopic (exact) mass is 358 g/mol. The Morgan fingerprint density at radius 1 is 1.35 bits per heavy atom. The van der Waals surface area contributed by atoms with E-state index < -0.39 is 0 Å². The van der Waals surface area contributed by atoms with E-state index in [1.54, 1.807) is 15.6 Å². The van der Waals surface area contributed by atoms with Gasteiger partial charge < -0.3 is 4.90 Å². The highest BCUT2D eigenvalue weighted by Gasteiger charge is 2.45. The fourth-order valence-corrected chi connectivity index (χ4v) is 4.02. The zero-order valence-electron chi connectivity index (χ0n) is 16.9. The zero-order valence-corrected chi connectivity index (χ0v) is 16.9. The second kappa shape index (κ2) is 6.21. The molecule has 2 aromatic rings. The van der Waals surface area contributed by atoms with Crippen LogP contribution in [0.4, 0.5) is 0 Å². The molecule has 0 aromatic carbocycles. The summed E-state index contributed by atoms with van der Waals surface area (Å²) in [5.74, 6) is 0.458. The Morgan fingerprint density at radius 2 is 2.04 bits per heavy atom. The van der Waals surface area contributed by atoms with Crippen molar-refractivity contribution in [1.29, 1.82) is 0 Å². The number of carbonyl (C=O) groups excluding carboxylic acids is 1. The fraction of sp³-hybridized carbons (Fsp3) is 0.684. The molecule has 142 valence electrons. The summed E-state index contributed by atoms with van der Waals surface area (Å²) in [7, 11) is 1.85. The first-order chi connectivity index (χ1) is 12.0. The lowest BCUT2D eigenvalue weighted by molar-refractivity contribution is 0.0563. The predicted molar refractivity (Wildman–Crippen MR) is 100 cm³/mol. The molecule has 0 saturated carbocycles. The Labute approximate surface area is 155 Å². The summed E-state index contributed by atoms with van der Waals surface area (Å²) in [6, 6.07) is 0. The molecule has 0 radical (unpaired) electrons. The summed E-state index contributed by atoms with van der Waals surface area (Å²) in [4.78, 5) is 15.2. The van der Waals surface area contributed by atoms with E-state index in [9.17, 15) is 4.79 Å². The predicted octanol–water partition coefficient (Wildman–Crippen LogP) is 2.99. The lowest BCUT2D eigenvalue weighted by atomic mass is 9.76. The third kappa shape index (κ3) is 3.27. The minimum atomic E-state index is -0.186. The average Bonchev–Trinajstić information content (AvgIpc) is 3.16. The third-order valence-electron chi connectivity index (χ3n) is 5.53. The van der Waals surface area contributed by atoms with Gasteiger partial charge in [0.2, 0.25) is 0 Å². The molecule has 7 heteroatoms. The molecular weight excluding hydrogens is 328 g/mol. The van der Waals surface area contributed by atoms with Gasteiger partial charge in [0.05, 0.1) is 18.1 Å². The Hall–Kier alpha value is -2.18. The van der Waals surface area contributed by atoms with Gasteiger partial charge in [-0.15, -0.1) is 5.10 Å². The van der Waals surface area contributed by atoms with Gasteiger partial charge in [0.15, 0.2) is 5.69 Å². The highest BCUT2D eigenvalue weighted by molar-refractivity contribution is 5.94. The molecule has 1 fully saturated rings. The van der Waals surface area contributed by atoms with Crippen LogP contribution >= 0.6 is 0 Å². The van der Waals surface area contributed by atoms with Crippen molar-refractivity contribution >= 4 is 5.91 Å². The number of hydrogen-bond donors (Lipinski definition) is 0. The van der Waals surface area contributed by atoms with Crippen molar-refractivity contribution in [2.45, 2.75) is 59.9 Å². The standard InChI is InChI=1S/C19H30N6O/c1-13-16(21-22-25(13)15-11-20-23(7)12-15)17(26)24-9-8-14(19(24,5)6)10-18(2,3)4/h11-12,14H,8-10H2,1-7H3. The van der Waals surface area contributed by atoms with Gasteiger partial charge in [-0.05, 0) is 44.9 Å². The van der Waals surface area contributed by atoms with Crippen molar-refractivity contribution in [3.63, 3.8) is 0 Å². The minimum Gasteiger partial charge on any atom is -0.332 e. The van der Waals surface area contributed by atoms with Gasteiger partial charge >= 0.3 is 0 Å². The van der Waals surface area contributed by atoms with E-state index in [2.05, 4.69) is 50.0 Å². The van der Waals surface area contributed by atoms with E-state index in [-0.39, 0.29) is 16.9 Å². The molecule has 0 spiro atoms. The van der Waals surface area contributed by atoms with Crippen LogP contribution in [0.3, 0.4) is 0 Å². The van der Waals surface area contributed by atoms with Crippen LogP contribution in [0.5, 0.6) is 0 Å². The van der Waals surface area contributed by atoms with Gasteiger partial charge in [0.1, 0.15) is 5.69 Å². The number of aryl methyl sites for hydroxylation is 1. The highest BCUT2D eigenvalue weighted by Crippen LogP contribution is 2.42. The molecule has 0 bridgehead atoms. The summed E-state index contributed by atoms with van der Waals surface area (Å²) in [6.45, 7) is 13.8. The molecule has 1 atom stereocenters. The first-order valence-electron chi connectivity index (χ1n) is 9.24. The first-order valence-corrected chi connectivity index (χ1v) is 9.24. The van der Waals surface area contributed by atoms with E-state index in [1.165, 1.54) is 0 Å². The molecular formula is C19H30N6O. The van der Waals surface area contributed by atoms with E-state index in [4.69, 9.17) is 0 Å². The minimum absolute atomic E-state index is 0.0287. The zero-order chi connectivity index (χ0) is 19.3. The molecule has 1 aliphatic rings. The maximum absolute atomic E-state index is 13.2. The molecule has 1 aliphatic heterocycles. The van der Waals surface area contributed by atoms with Crippen molar-refractivity contribution in [2.75, 3.05) is 6.54 Å². The van der Waals surface area contributed by atoms with Crippen LogP contribution in [-0.2, 0) is 7.05 Å². The SMILES string of the molecule is Cc1c(C(=O)N2CCC(CC(C)(C)C)C2(C)C)nnn1-c1cnn(C)c1. The van der Waals surface area contributed by atoms with Crippen molar-refractivity contribution in [3.8, 4) is 5.69 Å². The number of amides is 1. The number of nitrogens with zero attached hydrogens (tertiary/aromatic N) is 6. The topological polar surface area (TPSA) is 68.8 Å². The maximum Gasteiger partial charge on any atom is 0.276 e. The van der Waals surface area contributed by atoms with Crippen LogP contribution < -0.4 is 0 Å². The molecule has 3 rings (SSSR count). The molecule has 1 saturated heterocycles. The number of aromatic nitrogens is 5. The van der Waals surface area contributed by atoms with Crippen LogP contribution in [0.15, 0.2) is 12.4 Å². The van der Waals surface area contributed by atoms with Gasteiger partial charge in [-0.3, -0.25) is 9.48 Å². The molecule has 7 nitrogen and oxygen atoms in total. The summed E-state index contributed by atoms with van der Waals surface area (Å²) in [5.41, 5.74) is 2.05. The largest absolute Gasteiger partial charge is 0.332 e. The summed E-state index contributed by atoms with van der Waals surface area (Å²) < 4.78 is 3.38. The third-order valence-corrected chi connectivity index (χ3v) is 5.53. The van der Waals surface area contributed by atoms with Crippen molar-refractivity contribution in [1.82, 2.24) is 29.7 Å². The smallest absolute Gasteiger partial charge is 0.276 e. The van der Waals surface area contributed by atoms with Crippen LogP contribution in [0.1, 0.15) is 63.6 Å². The van der Waals surface area contributed by atoms with Gasteiger partial charge in [-0.25, -0.2) is 4.68 Å². The van der Waals surface area contributed by atoms with Gasteiger partial charge in [-0.2, -0.15) is 5.10 Å². The highest BCUT2D eigenvalue weighted by atomic mass is 16.2. The Bertz CT molecular complexity index is 810. The lowest BCUT2D eigenvalue weighted by Gasteiger charge is -2.38. The lowest BCUT2D eigenvalue weighted by Crippen LogP contribution is -2.47. The molecule has 1 amide bonds. The summed E-state index contributed by atoms with van der Waals surface area (Å²) >= 11 is 0. The van der Waals surface area contributed by atoms with Gasteiger partial charge in [-0.1, -0.05) is 26.0 Å². The second-order valence-corrected chi connectivity index (χ2v) is 9.17. The van der Waals surface area contributed by atoms with Crippen LogP contribution in [0, 0.1) is 18.3 Å². The van der Waals surface area contributed by atoms with Crippen LogP contribution in [0.2, 0.25) is 0 Å². The Morgan fingerprint density at radius 3 is 2.62 bits per heavy atom. The molecule has 26 heavy (non-hydrogen) atoms. The van der Waals surface area contributed by atoms with Crippen molar-refractivity contribution in [3.05, 3.63) is 23.8 Å². The molecule has 2 aromatic heterocycles. The quantitative estimate of drug-likeness (QED) is 0.846. The number of carbonyl (C=O) groups is 1. The van der Waals surface area contributed by atoms with Crippen molar-refractivity contribution < 1.29 is 4.79 Å². The maximum atomic E-state index is 13.2. The van der Waals surface area contributed by atoms with E-state index in [1.807, 2.05) is 25.1 Å². The van der Waals surface area contributed by atoms with Crippen LogP contribution in [0.25, 0.3) is 5.69 Å². The average molecular weight is 358 g/mol. The second-order valence-electron chi connectivity index (χ2n) is 9.17. The van der Waals surface area contributed by atoms with Crippen molar-refractivity contribution in [2.24, 2.45) is 18.4 Å². The van der Waals surface area contributed by atoms with Gasteiger partial charge in [0, 0.05) is 19.1 Å². The number of rotatable bonds is 3. The molecule has 0 N–H and O–H groups in total. The number of likely N-dealkylation sites (tertiary alicyclic amines) is 1. The van der Waals surface area contributed by atoms with E-state index in [0.29, 0.717) is 11.6 Å². The fourth-order valence-electron chi connectivity index (χ4n) is 4.02. The number of hydrogen-bond acceptors (Lipinski definition) is 4. The summed E-state index contributed by atoms with van der Waals surface area (Å²) in [5, 5.41) is 12.5. The molecule has 3 heterocycles. The summed E-state index contributed by atoms with van der Waals surface area (Å²) in [6.07, 6.45) is 5.71. The van der Waals surface area contributed by atoms with Crippen LogP contribution in [-0.4, -0.2) is 47.7 Å². The molecule has 1 unspecified atom stereocenters.